The van der Waals surface area contributed by atoms with Crippen molar-refractivity contribution in [1.29, 1.82) is 0 Å². The van der Waals surface area contributed by atoms with E-state index in [4.69, 9.17) is 4.55 Å². The molecule has 29 heavy (non-hydrogen) atoms. The van der Waals surface area contributed by atoms with E-state index in [0.29, 0.717) is 31.7 Å². The Morgan fingerprint density at radius 3 is 2.21 bits per heavy atom. The minimum atomic E-state index is -2.41. The summed E-state index contributed by atoms with van der Waals surface area (Å²) in [5.41, 5.74) is 0.643. The van der Waals surface area contributed by atoms with E-state index in [1.54, 1.807) is 17.0 Å². The molecule has 0 spiro atoms. The molecular weight excluding hydrogens is 404 g/mol. The van der Waals surface area contributed by atoms with Gasteiger partial charge in [-0.05, 0) is 35.9 Å². The van der Waals surface area contributed by atoms with E-state index < -0.39 is 17.1 Å². The second-order valence-corrected chi connectivity index (χ2v) is 7.22. The smallest absolute Gasteiger partial charge is 0.259 e. The van der Waals surface area contributed by atoms with Gasteiger partial charge in [0.2, 0.25) is 5.91 Å². The topological polar surface area (TPSA) is 90.0 Å². The molecule has 3 rings (SSSR count). The second kappa shape index (κ2) is 9.10. The summed E-state index contributed by atoms with van der Waals surface area (Å²) in [6, 6.07) is 9.32. The first-order valence-electron chi connectivity index (χ1n) is 8.82. The van der Waals surface area contributed by atoms with Crippen molar-refractivity contribution < 1.29 is 27.1 Å². The van der Waals surface area contributed by atoms with Crippen LogP contribution in [0.5, 0.6) is 0 Å². The average molecular weight is 423 g/mol. The summed E-state index contributed by atoms with van der Waals surface area (Å²) < 4.78 is 48.4. The molecule has 1 unspecified atom stereocenters. The average Bonchev–Trinajstić information content (AvgIpc) is 2.70. The Hall–Kier alpha value is -2.85. The second-order valence-electron chi connectivity index (χ2n) is 6.52. The number of benzene rings is 2. The lowest BCUT2D eigenvalue weighted by Gasteiger charge is -2.35. The Labute approximate surface area is 168 Å². The maximum Gasteiger partial charge on any atom is 0.259 e. The number of nitrogens with one attached hydrogen (secondary N) is 1. The molecule has 2 aromatic carbocycles. The Kier molecular flexibility index (Phi) is 6.55. The van der Waals surface area contributed by atoms with Crippen molar-refractivity contribution in [2.24, 2.45) is 0 Å². The summed E-state index contributed by atoms with van der Waals surface area (Å²) in [5.74, 6) is -1.67. The van der Waals surface area contributed by atoms with Gasteiger partial charge in [-0.15, -0.1) is 0 Å². The third kappa shape index (κ3) is 5.36. The first-order valence-corrected chi connectivity index (χ1v) is 9.92. The predicted octanol–water partition coefficient (Wildman–Crippen LogP) is 2.04. The lowest BCUT2D eigenvalue weighted by molar-refractivity contribution is -0.131. The lowest BCUT2D eigenvalue weighted by Crippen LogP contribution is -2.51. The van der Waals surface area contributed by atoms with Crippen LogP contribution < -0.4 is 4.72 Å². The van der Waals surface area contributed by atoms with E-state index >= 15 is 0 Å². The van der Waals surface area contributed by atoms with E-state index in [0.717, 1.165) is 6.07 Å². The van der Waals surface area contributed by atoms with Crippen molar-refractivity contribution >= 4 is 28.8 Å². The van der Waals surface area contributed by atoms with Gasteiger partial charge in [0.05, 0.1) is 12.1 Å². The molecule has 2 amide bonds. The first kappa shape index (κ1) is 20.9. The normalized spacial score (nSPS) is 15.1. The molecule has 2 aromatic rings. The van der Waals surface area contributed by atoms with Gasteiger partial charge in [-0.2, -0.15) is 0 Å². The molecule has 0 aliphatic carbocycles. The lowest BCUT2D eigenvalue weighted by atomic mass is 10.1. The third-order valence-electron chi connectivity index (χ3n) is 4.60. The predicted molar refractivity (Wildman–Crippen MR) is 103 cm³/mol. The van der Waals surface area contributed by atoms with Crippen molar-refractivity contribution in [1.82, 2.24) is 9.80 Å². The van der Waals surface area contributed by atoms with E-state index in [1.165, 1.54) is 29.2 Å². The fraction of sp³-hybridized carbons (Fsp3) is 0.263. The van der Waals surface area contributed by atoms with Gasteiger partial charge in [0, 0.05) is 31.7 Å². The standard InChI is InChI=1S/C19H19F2N3O4S/c20-15-4-1-13(2-5-15)11-18(25)23-7-9-24(10-8-23)19(26)14-3-6-17(16(21)12-14)22-29(27)28/h1-6,12,22H,7-11H2,(H,27,28). The highest BCUT2D eigenvalue weighted by Crippen LogP contribution is 2.18. The summed E-state index contributed by atoms with van der Waals surface area (Å²) in [6.07, 6.45) is 0.153. The Balaban J connectivity index is 1.56. The molecule has 154 valence electrons. The minimum absolute atomic E-state index is 0.109. The molecule has 1 aliphatic rings. The molecule has 0 bridgehead atoms. The number of halogens is 2. The molecule has 1 aliphatic heterocycles. The zero-order chi connectivity index (χ0) is 21.0. The molecule has 0 radical (unpaired) electrons. The summed E-state index contributed by atoms with van der Waals surface area (Å²) >= 11 is -2.41. The number of nitrogens with zero attached hydrogens (tertiary/aromatic N) is 2. The Bertz CT molecular complexity index is 932. The summed E-state index contributed by atoms with van der Waals surface area (Å²) in [4.78, 5) is 28.1. The van der Waals surface area contributed by atoms with E-state index in [2.05, 4.69) is 0 Å². The summed E-state index contributed by atoms with van der Waals surface area (Å²) in [7, 11) is 0. The van der Waals surface area contributed by atoms with Crippen LogP contribution >= 0.6 is 0 Å². The number of carbonyl (C=O) groups is 2. The highest BCUT2D eigenvalue weighted by molar-refractivity contribution is 7.80. The van der Waals surface area contributed by atoms with Crippen LogP contribution in [0.2, 0.25) is 0 Å². The number of carbonyl (C=O) groups excluding carboxylic acids is 2. The van der Waals surface area contributed by atoms with Gasteiger partial charge in [-0.25, -0.2) is 13.0 Å². The molecule has 7 nitrogen and oxygen atoms in total. The number of piperazine rings is 1. The fourth-order valence-corrected chi connectivity index (χ4v) is 3.41. The molecule has 1 heterocycles. The van der Waals surface area contributed by atoms with Gasteiger partial charge < -0.3 is 9.80 Å². The van der Waals surface area contributed by atoms with Gasteiger partial charge in [0.1, 0.15) is 11.6 Å². The molecule has 10 heteroatoms. The van der Waals surface area contributed by atoms with Crippen LogP contribution in [0.1, 0.15) is 15.9 Å². The monoisotopic (exact) mass is 423 g/mol. The van der Waals surface area contributed by atoms with Gasteiger partial charge in [0.25, 0.3) is 17.2 Å². The van der Waals surface area contributed by atoms with Gasteiger partial charge in [0.15, 0.2) is 0 Å². The number of hydrogen-bond donors (Lipinski definition) is 2. The van der Waals surface area contributed by atoms with Crippen molar-refractivity contribution in [2.45, 2.75) is 6.42 Å². The molecular formula is C19H19F2N3O4S. The van der Waals surface area contributed by atoms with Crippen LogP contribution in [0, 0.1) is 11.6 Å². The van der Waals surface area contributed by atoms with Crippen LogP contribution in [0.15, 0.2) is 42.5 Å². The van der Waals surface area contributed by atoms with Crippen molar-refractivity contribution in [3.63, 3.8) is 0 Å². The summed E-state index contributed by atoms with van der Waals surface area (Å²) in [6.45, 7) is 1.29. The molecule has 1 saturated heterocycles. The highest BCUT2D eigenvalue weighted by Gasteiger charge is 2.25. The van der Waals surface area contributed by atoms with E-state index in [-0.39, 0.29) is 35.3 Å². The number of anilines is 1. The molecule has 0 aromatic heterocycles. The first-order chi connectivity index (χ1) is 13.8. The highest BCUT2D eigenvalue weighted by atomic mass is 32.2. The number of amides is 2. The Morgan fingerprint density at radius 2 is 1.62 bits per heavy atom. The van der Waals surface area contributed by atoms with E-state index in [1.807, 2.05) is 4.72 Å². The van der Waals surface area contributed by atoms with E-state index in [9.17, 15) is 22.6 Å². The third-order valence-corrected chi connectivity index (χ3v) is 5.00. The zero-order valence-electron chi connectivity index (χ0n) is 15.3. The fourth-order valence-electron chi connectivity index (χ4n) is 3.06. The van der Waals surface area contributed by atoms with Crippen molar-refractivity contribution in [3.8, 4) is 0 Å². The van der Waals surface area contributed by atoms with Gasteiger partial charge >= 0.3 is 0 Å². The maximum atomic E-state index is 14.0. The van der Waals surface area contributed by atoms with Gasteiger partial charge in [-0.3, -0.25) is 18.9 Å². The Morgan fingerprint density at radius 1 is 1.00 bits per heavy atom. The van der Waals surface area contributed by atoms with Crippen LogP contribution in [0.4, 0.5) is 14.5 Å². The van der Waals surface area contributed by atoms with Crippen LogP contribution in [0.25, 0.3) is 0 Å². The zero-order valence-corrected chi connectivity index (χ0v) is 16.1. The van der Waals surface area contributed by atoms with Crippen LogP contribution in [-0.4, -0.2) is 56.6 Å². The summed E-state index contributed by atoms with van der Waals surface area (Å²) in [5, 5.41) is 0. The molecule has 0 saturated carbocycles. The molecule has 1 fully saturated rings. The largest absolute Gasteiger partial charge is 0.339 e. The van der Waals surface area contributed by atoms with Crippen LogP contribution in [0.3, 0.4) is 0 Å². The quantitative estimate of drug-likeness (QED) is 0.721. The molecule has 1 atom stereocenters. The number of rotatable bonds is 5. The minimum Gasteiger partial charge on any atom is -0.339 e. The van der Waals surface area contributed by atoms with Crippen molar-refractivity contribution in [3.05, 3.63) is 65.2 Å². The van der Waals surface area contributed by atoms with Crippen molar-refractivity contribution in [2.75, 3.05) is 30.9 Å². The van der Waals surface area contributed by atoms with Crippen LogP contribution in [-0.2, 0) is 22.5 Å². The maximum absolute atomic E-state index is 14.0. The number of hydrogen-bond acceptors (Lipinski definition) is 3. The SMILES string of the molecule is O=C(Cc1ccc(F)cc1)N1CCN(C(=O)c2ccc(NS(=O)O)c(F)c2)CC1. The van der Waals surface area contributed by atoms with Gasteiger partial charge in [-0.1, -0.05) is 12.1 Å². The molecule has 2 N–H and O–H groups in total.